The van der Waals surface area contributed by atoms with Gasteiger partial charge in [0, 0.05) is 46.0 Å². The van der Waals surface area contributed by atoms with Crippen LogP contribution < -0.4 is 5.32 Å². The number of hydrogen-bond donors (Lipinski definition) is 1. The van der Waals surface area contributed by atoms with E-state index >= 15 is 0 Å². The molecule has 2 rings (SSSR count). The summed E-state index contributed by atoms with van der Waals surface area (Å²) in [5, 5.41) is 7.64. The number of rotatable bonds is 5. The van der Waals surface area contributed by atoms with E-state index in [4.69, 9.17) is 0 Å². The van der Waals surface area contributed by atoms with Crippen LogP contribution in [0, 0.1) is 13.8 Å². The fourth-order valence-corrected chi connectivity index (χ4v) is 2.82. The van der Waals surface area contributed by atoms with Crippen molar-refractivity contribution >= 4 is 5.96 Å². The summed E-state index contributed by atoms with van der Waals surface area (Å²) in [6.45, 7) is 5.94. The van der Waals surface area contributed by atoms with E-state index in [9.17, 15) is 0 Å². The third-order valence-electron chi connectivity index (χ3n) is 3.73. The molecule has 0 saturated heterocycles. The van der Waals surface area contributed by atoms with Crippen molar-refractivity contribution in [2.24, 2.45) is 12.0 Å². The maximum Gasteiger partial charge on any atom is 0.193 e. The Labute approximate surface area is 139 Å². The van der Waals surface area contributed by atoms with Crippen LogP contribution in [0.3, 0.4) is 0 Å². The van der Waals surface area contributed by atoms with E-state index in [1.54, 1.807) is 0 Å². The van der Waals surface area contributed by atoms with Crippen LogP contribution in [-0.4, -0.2) is 41.3 Å². The SMILES string of the molecule is CN=C(NCCc1cc(C)cc(C)c1)N(C)Cc1cnn(C)c1. The predicted octanol–water partition coefficient (Wildman–Crippen LogP) is 2.29. The highest BCUT2D eigenvalue weighted by atomic mass is 15.3. The number of aromatic nitrogens is 2. The second-order valence-corrected chi connectivity index (χ2v) is 6.10. The number of aliphatic imine (C=N–C) groups is 1. The first-order valence-corrected chi connectivity index (χ1v) is 7.94. The zero-order valence-corrected chi connectivity index (χ0v) is 14.8. The average Bonchev–Trinajstić information content (AvgIpc) is 2.87. The fourth-order valence-electron chi connectivity index (χ4n) is 2.82. The smallest absolute Gasteiger partial charge is 0.193 e. The molecule has 1 N–H and O–H groups in total. The highest BCUT2D eigenvalue weighted by molar-refractivity contribution is 5.79. The molecule has 0 bridgehead atoms. The molecule has 23 heavy (non-hydrogen) atoms. The fraction of sp³-hybridized carbons (Fsp3) is 0.444. The van der Waals surface area contributed by atoms with Gasteiger partial charge in [0.15, 0.2) is 5.96 Å². The van der Waals surface area contributed by atoms with E-state index in [0.29, 0.717) is 0 Å². The first-order valence-electron chi connectivity index (χ1n) is 7.94. The molecule has 5 heteroatoms. The first-order chi connectivity index (χ1) is 11.0. The van der Waals surface area contributed by atoms with Crippen LogP contribution in [-0.2, 0) is 20.0 Å². The lowest BCUT2D eigenvalue weighted by Gasteiger charge is -2.21. The molecule has 1 aromatic carbocycles. The van der Waals surface area contributed by atoms with Gasteiger partial charge in [0.1, 0.15) is 0 Å². The molecule has 0 aliphatic carbocycles. The molecule has 5 nitrogen and oxygen atoms in total. The number of hydrogen-bond acceptors (Lipinski definition) is 2. The Morgan fingerprint density at radius 3 is 2.48 bits per heavy atom. The van der Waals surface area contributed by atoms with Crippen molar-refractivity contribution in [3.8, 4) is 0 Å². The maximum absolute atomic E-state index is 4.36. The molecule has 0 spiro atoms. The van der Waals surface area contributed by atoms with Gasteiger partial charge in [0.05, 0.1) is 6.20 Å². The minimum absolute atomic E-state index is 0.789. The Bertz CT molecular complexity index is 652. The Morgan fingerprint density at radius 1 is 1.22 bits per heavy atom. The lowest BCUT2D eigenvalue weighted by molar-refractivity contribution is 0.477. The van der Waals surface area contributed by atoms with Crippen LogP contribution in [0.25, 0.3) is 0 Å². The van der Waals surface area contributed by atoms with Crippen LogP contribution in [0.2, 0.25) is 0 Å². The third-order valence-corrected chi connectivity index (χ3v) is 3.73. The van der Waals surface area contributed by atoms with Crippen LogP contribution in [0.4, 0.5) is 0 Å². The Balaban J connectivity index is 1.87. The zero-order chi connectivity index (χ0) is 16.8. The van der Waals surface area contributed by atoms with Gasteiger partial charge in [0.25, 0.3) is 0 Å². The van der Waals surface area contributed by atoms with Crippen LogP contribution in [0.1, 0.15) is 22.3 Å². The van der Waals surface area contributed by atoms with Crippen molar-refractivity contribution in [2.75, 3.05) is 20.6 Å². The van der Waals surface area contributed by atoms with E-state index in [1.165, 1.54) is 22.3 Å². The van der Waals surface area contributed by atoms with Crippen molar-refractivity contribution in [1.82, 2.24) is 20.0 Å². The van der Waals surface area contributed by atoms with Crippen molar-refractivity contribution in [2.45, 2.75) is 26.8 Å². The summed E-state index contributed by atoms with van der Waals surface area (Å²) >= 11 is 0. The molecule has 0 amide bonds. The minimum atomic E-state index is 0.789. The number of guanidine groups is 1. The van der Waals surface area contributed by atoms with Gasteiger partial charge in [-0.1, -0.05) is 29.3 Å². The predicted molar refractivity (Wildman–Crippen MR) is 95.7 cm³/mol. The lowest BCUT2D eigenvalue weighted by Crippen LogP contribution is -2.39. The molecule has 124 valence electrons. The highest BCUT2D eigenvalue weighted by Gasteiger charge is 2.07. The summed E-state index contributed by atoms with van der Waals surface area (Å²) in [5.74, 6) is 0.901. The molecule has 0 radical (unpaired) electrons. The number of nitrogens with one attached hydrogen (secondary N) is 1. The maximum atomic E-state index is 4.36. The molecule has 0 unspecified atom stereocenters. The molecule has 2 aromatic rings. The van der Waals surface area contributed by atoms with E-state index in [2.05, 4.69) is 52.4 Å². The molecule has 0 atom stereocenters. The Hall–Kier alpha value is -2.30. The minimum Gasteiger partial charge on any atom is -0.356 e. The van der Waals surface area contributed by atoms with Crippen molar-refractivity contribution in [1.29, 1.82) is 0 Å². The Kier molecular flexibility index (Phi) is 5.79. The van der Waals surface area contributed by atoms with Gasteiger partial charge in [-0.3, -0.25) is 9.67 Å². The van der Waals surface area contributed by atoms with Crippen LogP contribution in [0.5, 0.6) is 0 Å². The van der Waals surface area contributed by atoms with Gasteiger partial charge in [-0.05, 0) is 25.8 Å². The number of nitrogens with zero attached hydrogens (tertiary/aromatic N) is 4. The lowest BCUT2D eigenvalue weighted by atomic mass is 10.1. The van der Waals surface area contributed by atoms with Crippen LogP contribution >= 0.6 is 0 Å². The average molecular weight is 313 g/mol. The molecular weight excluding hydrogens is 286 g/mol. The van der Waals surface area contributed by atoms with Gasteiger partial charge in [0.2, 0.25) is 0 Å². The second kappa shape index (κ2) is 7.81. The van der Waals surface area contributed by atoms with Gasteiger partial charge in [-0.15, -0.1) is 0 Å². The molecule has 0 fully saturated rings. The highest BCUT2D eigenvalue weighted by Crippen LogP contribution is 2.09. The van der Waals surface area contributed by atoms with E-state index in [-0.39, 0.29) is 0 Å². The molecule has 0 aliphatic rings. The summed E-state index contributed by atoms with van der Waals surface area (Å²) in [4.78, 5) is 6.47. The van der Waals surface area contributed by atoms with Gasteiger partial charge >= 0.3 is 0 Å². The molecule has 0 aliphatic heterocycles. The second-order valence-electron chi connectivity index (χ2n) is 6.10. The zero-order valence-electron chi connectivity index (χ0n) is 14.8. The summed E-state index contributed by atoms with van der Waals surface area (Å²) in [7, 11) is 5.79. The summed E-state index contributed by atoms with van der Waals surface area (Å²) in [5.41, 5.74) is 5.17. The van der Waals surface area contributed by atoms with Crippen molar-refractivity contribution in [3.63, 3.8) is 0 Å². The van der Waals surface area contributed by atoms with Gasteiger partial charge in [-0.2, -0.15) is 5.10 Å². The molecular formula is C18H27N5. The standard InChI is InChI=1S/C18H27N5/c1-14-8-15(2)10-16(9-14)6-7-20-18(19-3)22(4)12-17-11-21-23(5)13-17/h8-11,13H,6-7,12H2,1-5H3,(H,19,20). The first kappa shape index (κ1) is 17.1. The topological polar surface area (TPSA) is 45.5 Å². The summed E-state index contributed by atoms with van der Waals surface area (Å²) in [6, 6.07) is 6.70. The number of benzene rings is 1. The Morgan fingerprint density at radius 2 is 1.91 bits per heavy atom. The van der Waals surface area contributed by atoms with Crippen molar-refractivity contribution < 1.29 is 0 Å². The van der Waals surface area contributed by atoms with Gasteiger partial charge < -0.3 is 10.2 Å². The largest absolute Gasteiger partial charge is 0.356 e. The van der Waals surface area contributed by atoms with E-state index in [1.807, 2.05) is 38.2 Å². The number of aryl methyl sites for hydroxylation is 3. The summed E-state index contributed by atoms with van der Waals surface area (Å²) < 4.78 is 1.82. The van der Waals surface area contributed by atoms with Crippen LogP contribution in [0.15, 0.2) is 35.6 Å². The van der Waals surface area contributed by atoms with E-state index in [0.717, 1.165) is 25.5 Å². The normalized spacial score (nSPS) is 11.6. The monoisotopic (exact) mass is 313 g/mol. The molecule has 1 heterocycles. The molecule has 1 aromatic heterocycles. The summed E-state index contributed by atoms with van der Waals surface area (Å²) in [6.07, 6.45) is 4.90. The quantitative estimate of drug-likeness (QED) is 0.680. The van der Waals surface area contributed by atoms with Gasteiger partial charge in [-0.25, -0.2) is 0 Å². The molecule has 0 saturated carbocycles. The van der Waals surface area contributed by atoms with E-state index < -0.39 is 0 Å². The van der Waals surface area contributed by atoms with Crippen molar-refractivity contribution in [3.05, 3.63) is 52.8 Å². The third kappa shape index (κ3) is 5.13.